The molecule has 0 heterocycles. The second-order valence-corrected chi connectivity index (χ2v) is 7.53. The van der Waals surface area contributed by atoms with Crippen molar-refractivity contribution in [2.24, 2.45) is 17.1 Å². The molecule has 2 saturated carbocycles. The lowest BCUT2D eigenvalue weighted by molar-refractivity contribution is -0.145. The molecule has 2 rings (SSSR count). The Morgan fingerprint density at radius 3 is 2.15 bits per heavy atom. The zero-order chi connectivity index (χ0) is 15.1. The highest BCUT2D eigenvalue weighted by atomic mass is 32.1. The third-order valence-corrected chi connectivity index (χ3v) is 5.78. The Labute approximate surface area is 127 Å². The standard InChI is InChI=1S/C15H27N3OS/c1-11-8-15(9-11,12(16)20)13(19)18(4)10-14(17(2)3)6-5-7-14/h11H,5-10H2,1-4H3,(H2,16,20). The summed E-state index contributed by atoms with van der Waals surface area (Å²) in [5.74, 6) is 0.664. The largest absolute Gasteiger partial charge is 0.392 e. The van der Waals surface area contributed by atoms with E-state index < -0.39 is 5.41 Å². The Morgan fingerprint density at radius 2 is 1.85 bits per heavy atom. The molecule has 0 spiro atoms. The van der Waals surface area contributed by atoms with Crippen LogP contribution in [0.5, 0.6) is 0 Å². The second kappa shape index (κ2) is 5.26. The van der Waals surface area contributed by atoms with Gasteiger partial charge < -0.3 is 15.5 Å². The van der Waals surface area contributed by atoms with Crippen LogP contribution in [-0.4, -0.2) is 53.9 Å². The lowest BCUT2D eigenvalue weighted by Gasteiger charge is -2.52. The maximum atomic E-state index is 12.8. The average Bonchev–Trinajstić information content (AvgIpc) is 2.27. The predicted octanol–water partition coefficient (Wildman–Crippen LogP) is 1.63. The number of hydrogen-bond donors (Lipinski definition) is 1. The molecule has 2 N–H and O–H groups in total. The summed E-state index contributed by atoms with van der Waals surface area (Å²) in [6.07, 6.45) is 5.18. The average molecular weight is 297 g/mol. The van der Waals surface area contributed by atoms with E-state index in [4.69, 9.17) is 18.0 Å². The molecule has 114 valence electrons. The molecule has 0 bridgehead atoms. The normalized spacial score (nSPS) is 31.4. The van der Waals surface area contributed by atoms with Gasteiger partial charge in [-0.2, -0.15) is 0 Å². The summed E-state index contributed by atoms with van der Waals surface area (Å²) < 4.78 is 0. The molecule has 4 nitrogen and oxygen atoms in total. The van der Waals surface area contributed by atoms with Crippen LogP contribution in [0.4, 0.5) is 0 Å². The number of carbonyl (C=O) groups excluding carboxylic acids is 1. The van der Waals surface area contributed by atoms with E-state index in [1.807, 2.05) is 11.9 Å². The van der Waals surface area contributed by atoms with E-state index in [1.54, 1.807) is 0 Å². The summed E-state index contributed by atoms with van der Waals surface area (Å²) in [7, 11) is 6.10. The number of nitrogens with zero attached hydrogens (tertiary/aromatic N) is 2. The first kappa shape index (κ1) is 15.7. The first-order valence-electron chi connectivity index (χ1n) is 7.46. The first-order valence-corrected chi connectivity index (χ1v) is 7.87. The second-order valence-electron chi connectivity index (χ2n) is 7.09. The van der Waals surface area contributed by atoms with Crippen molar-refractivity contribution in [1.29, 1.82) is 0 Å². The van der Waals surface area contributed by atoms with Gasteiger partial charge in [-0.25, -0.2) is 0 Å². The van der Waals surface area contributed by atoms with Crippen LogP contribution in [0.2, 0.25) is 0 Å². The molecule has 0 aliphatic heterocycles. The Kier molecular flexibility index (Phi) is 4.13. The molecule has 2 aliphatic carbocycles. The summed E-state index contributed by atoms with van der Waals surface area (Å²) in [5.41, 5.74) is 5.46. The summed E-state index contributed by atoms with van der Waals surface area (Å²) in [5, 5.41) is 0. The zero-order valence-corrected chi connectivity index (χ0v) is 13.9. The molecule has 20 heavy (non-hydrogen) atoms. The zero-order valence-electron chi connectivity index (χ0n) is 13.1. The van der Waals surface area contributed by atoms with Crippen molar-refractivity contribution in [1.82, 2.24) is 9.80 Å². The molecule has 0 saturated heterocycles. The smallest absolute Gasteiger partial charge is 0.235 e. The molecule has 5 heteroatoms. The van der Waals surface area contributed by atoms with Crippen LogP contribution >= 0.6 is 12.2 Å². The van der Waals surface area contributed by atoms with Crippen molar-refractivity contribution in [3.05, 3.63) is 0 Å². The lowest BCUT2D eigenvalue weighted by Crippen LogP contribution is -2.62. The SMILES string of the molecule is CC1CC(C(=O)N(C)CC2(N(C)C)CCC2)(C(N)=S)C1. The van der Waals surface area contributed by atoms with Crippen molar-refractivity contribution < 1.29 is 4.79 Å². The van der Waals surface area contributed by atoms with E-state index in [-0.39, 0.29) is 11.4 Å². The number of hydrogen-bond acceptors (Lipinski definition) is 3. The Balaban J connectivity index is 2.07. The fraction of sp³-hybridized carbons (Fsp3) is 0.867. The minimum Gasteiger partial charge on any atom is -0.392 e. The lowest BCUT2D eigenvalue weighted by atomic mass is 9.61. The van der Waals surface area contributed by atoms with Crippen LogP contribution in [0.1, 0.15) is 39.0 Å². The fourth-order valence-corrected chi connectivity index (χ4v) is 4.08. The van der Waals surface area contributed by atoms with Crippen LogP contribution < -0.4 is 5.73 Å². The summed E-state index contributed by atoms with van der Waals surface area (Å²) >= 11 is 5.18. The highest BCUT2D eigenvalue weighted by molar-refractivity contribution is 7.80. The fourth-order valence-electron chi connectivity index (χ4n) is 3.82. The van der Waals surface area contributed by atoms with E-state index in [0.717, 1.165) is 32.2 Å². The van der Waals surface area contributed by atoms with Crippen LogP contribution in [0.15, 0.2) is 0 Å². The minimum absolute atomic E-state index is 0.122. The van der Waals surface area contributed by atoms with Gasteiger partial charge in [0.1, 0.15) is 0 Å². The van der Waals surface area contributed by atoms with Crippen molar-refractivity contribution in [2.45, 2.75) is 44.6 Å². The Morgan fingerprint density at radius 1 is 1.30 bits per heavy atom. The van der Waals surface area contributed by atoms with E-state index in [9.17, 15) is 4.79 Å². The van der Waals surface area contributed by atoms with Gasteiger partial charge in [0.05, 0.1) is 10.4 Å². The minimum atomic E-state index is -0.569. The van der Waals surface area contributed by atoms with Gasteiger partial charge in [-0.05, 0) is 52.1 Å². The number of likely N-dealkylation sites (N-methyl/N-ethyl adjacent to an activating group) is 2. The molecule has 0 unspecified atom stereocenters. The molecule has 2 fully saturated rings. The van der Waals surface area contributed by atoms with E-state index >= 15 is 0 Å². The maximum absolute atomic E-state index is 12.8. The van der Waals surface area contributed by atoms with Gasteiger partial charge in [0, 0.05) is 19.1 Å². The van der Waals surface area contributed by atoms with Gasteiger partial charge in [-0.1, -0.05) is 19.1 Å². The third-order valence-electron chi connectivity index (χ3n) is 5.39. The number of carbonyl (C=O) groups is 1. The van der Waals surface area contributed by atoms with Crippen LogP contribution in [0, 0.1) is 11.3 Å². The molecule has 2 aliphatic rings. The number of amides is 1. The molecule has 0 atom stereocenters. The van der Waals surface area contributed by atoms with Crippen LogP contribution in [0.25, 0.3) is 0 Å². The molecular formula is C15H27N3OS. The quantitative estimate of drug-likeness (QED) is 0.784. The van der Waals surface area contributed by atoms with Crippen molar-refractivity contribution in [3.8, 4) is 0 Å². The van der Waals surface area contributed by atoms with E-state index in [2.05, 4.69) is 25.9 Å². The van der Waals surface area contributed by atoms with Crippen molar-refractivity contribution in [3.63, 3.8) is 0 Å². The molecule has 1 amide bonds. The predicted molar refractivity (Wildman–Crippen MR) is 85.5 cm³/mol. The Bertz CT molecular complexity index is 411. The molecule has 0 radical (unpaired) electrons. The monoisotopic (exact) mass is 297 g/mol. The maximum Gasteiger partial charge on any atom is 0.235 e. The summed E-state index contributed by atoms with van der Waals surface area (Å²) in [6, 6.07) is 0. The molecule has 0 aromatic heterocycles. The van der Waals surface area contributed by atoms with Gasteiger partial charge in [0.15, 0.2) is 0 Å². The molecular weight excluding hydrogens is 270 g/mol. The van der Waals surface area contributed by atoms with Crippen molar-refractivity contribution in [2.75, 3.05) is 27.7 Å². The number of rotatable bonds is 5. The highest BCUT2D eigenvalue weighted by Crippen LogP contribution is 2.47. The van der Waals surface area contributed by atoms with Crippen LogP contribution in [0.3, 0.4) is 0 Å². The number of nitrogens with two attached hydrogens (primary N) is 1. The van der Waals surface area contributed by atoms with E-state index in [1.165, 1.54) is 6.42 Å². The van der Waals surface area contributed by atoms with E-state index in [0.29, 0.717) is 10.9 Å². The van der Waals surface area contributed by atoms with Gasteiger partial charge >= 0.3 is 0 Å². The van der Waals surface area contributed by atoms with Gasteiger partial charge in [-0.3, -0.25) is 4.79 Å². The summed E-state index contributed by atoms with van der Waals surface area (Å²) in [6.45, 7) is 2.93. The summed E-state index contributed by atoms with van der Waals surface area (Å²) in [4.78, 5) is 17.3. The van der Waals surface area contributed by atoms with Gasteiger partial charge in [0.25, 0.3) is 0 Å². The van der Waals surface area contributed by atoms with Gasteiger partial charge in [0.2, 0.25) is 5.91 Å². The first-order chi connectivity index (χ1) is 9.23. The third kappa shape index (κ3) is 2.35. The topological polar surface area (TPSA) is 49.6 Å². The highest BCUT2D eigenvalue weighted by Gasteiger charge is 2.53. The Hall–Kier alpha value is -0.680. The molecule has 0 aromatic carbocycles. The van der Waals surface area contributed by atoms with Crippen LogP contribution in [-0.2, 0) is 4.79 Å². The molecule has 0 aromatic rings. The van der Waals surface area contributed by atoms with Crippen molar-refractivity contribution >= 4 is 23.1 Å². The van der Waals surface area contributed by atoms with Gasteiger partial charge in [-0.15, -0.1) is 0 Å². The number of thiocarbonyl (C=S) groups is 1.